The average molecular weight is 390 g/mol. The Morgan fingerprint density at radius 1 is 1.33 bits per heavy atom. The van der Waals surface area contributed by atoms with E-state index in [0.717, 1.165) is 37.8 Å². The molecule has 2 aromatic rings. The number of aromatic carboxylic acids is 1. The summed E-state index contributed by atoms with van der Waals surface area (Å²) in [6, 6.07) is 5.18. The summed E-state index contributed by atoms with van der Waals surface area (Å²) in [5.74, 6) is -0.552. The van der Waals surface area contributed by atoms with Crippen molar-refractivity contribution in [3.8, 4) is 5.88 Å². The molecule has 0 bridgehead atoms. The number of hydrogen-bond donors (Lipinski definition) is 2. The van der Waals surface area contributed by atoms with Crippen molar-refractivity contribution < 1.29 is 19.7 Å². The number of aliphatic hydroxyl groups excluding tert-OH is 1. The van der Waals surface area contributed by atoms with Crippen LogP contribution in [0.4, 0.5) is 5.95 Å². The van der Waals surface area contributed by atoms with Crippen LogP contribution in [0.25, 0.3) is 0 Å². The normalized spacial score (nSPS) is 17.3. The number of carboxylic acid groups (broad SMARTS) is 1. The van der Waals surface area contributed by atoms with Gasteiger partial charge in [0.05, 0.1) is 12.8 Å². The zero-order valence-electron chi connectivity index (χ0n) is 14.7. The Bertz CT molecular complexity index is 885. The van der Waals surface area contributed by atoms with Gasteiger partial charge in [0.15, 0.2) is 0 Å². The van der Waals surface area contributed by atoms with Gasteiger partial charge in [-0.2, -0.15) is 4.98 Å². The lowest BCUT2D eigenvalue weighted by Crippen LogP contribution is -2.32. The molecule has 2 heterocycles. The molecule has 0 atom stereocenters. The van der Waals surface area contributed by atoms with Crippen LogP contribution in [-0.4, -0.2) is 38.2 Å². The van der Waals surface area contributed by atoms with E-state index in [1.54, 1.807) is 18.2 Å². The summed E-state index contributed by atoms with van der Waals surface area (Å²) in [5, 5.41) is 19.1. The van der Waals surface area contributed by atoms with E-state index in [1.165, 1.54) is 6.20 Å². The lowest BCUT2D eigenvalue weighted by molar-refractivity contribution is 0.0690. The number of carboxylic acids is 1. The number of ether oxygens (including phenoxy) is 1. The van der Waals surface area contributed by atoms with Crippen LogP contribution in [0.5, 0.6) is 5.88 Å². The summed E-state index contributed by atoms with van der Waals surface area (Å²) >= 11 is 6.10. The molecule has 1 spiro atoms. The van der Waals surface area contributed by atoms with E-state index >= 15 is 0 Å². The first-order valence-corrected chi connectivity index (χ1v) is 9.29. The lowest BCUT2D eigenvalue weighted by atomic mass is 10.1. The molecule has 7 nitrogen and oxygen atoms in total. The largest absolute Gasteiger partial charge is 0.477 e. The molecule has 1 saturated carbocycles. The van der Waals surface area contributed by atoms with Crippen LogP contribution >= 0.6 is 11.6 Å². The number of anilines is 1. The molecule has 2 N–H and O–H groups in total. The first-order valence-electron chi connectivity index (χ1n) is 8.91. The predicted molar refractivity (Wildman–Crippen MR) is 99.2 cm³/mol. The Hall–Kier alpha value is -2.38. The second-order valence-electron chi connectivity index (χ2n) is 7.05. The first-order chi connectivity index (χ1) is 13.0. The summed E-state index contributed by atoms with van der Waals surface area (Å²) in [6.07, 6.45) is 5.79. The minimum absolute atomic E-state index is 0.0533. The minimum Gasteiger partial charge on any atom is -0.477 e. The number of rotatable bonds is 6. The highest BCUT2D eigenvalue weighted by Gasteiger charge is 2.51. The summed E-state index contributed by atoms with van der Waals surface area (Å²) in [5.41, 5.74) is 1.48. The van der Waals surface area contributed by atoms with Crippen molar-refractivity contribution in [2.24, 2.45) is 0 Å². The molecular weight excluding hydrogens is 370 g/mol. The molecule has 1 aromatic heterocycles. The molecule has 4 rings (SSSR count). The van der Waals surface area contributed by atoms with E-state index in [1.807, 2.05) is 0 Å². The van der Waals surface area contributed by atoms with Crippen molar-refractivity contribution in [3.05, 3.63) is 46.1 Å². The molecule has 2 fully saturated rings. The fraction of sp³-hybridized carbons (Fsp3) is 0.421. The zero-order chi connectivity index (χ0) is 19.0. The number of hydrogen-bond acceptors (Lipinski definition) is 6. The van der Waals surface area contributed by atoms with E-state index in [9.17, 15) is 15.0 Å². The van der Waals surface area contributed by atoms with Crippen LogP contribution in [0.15, 0.2) is 24.4 Å². The number of aliphatic hydroxyl groups is 1. The second kappa shape index (κ2) is 6.98. The van der Waals surface area contributed by atoms with E-state index in [4.69, 9.17) is 16.3 Å². The molecule has 1 aliphatic carbocycles. The van der Waals surface area contributed by atoms with Gasteiger partial charge >= 0.3 is 5.97 Å². The highest BCUT2D eigenvalue weighted by molar-refractivity contribution is 6.31. The Balaban J connectivity index is 1.57. The maximum atomic E-state index is 11.5. The highest BCUT2D eigenvalue weighted by atomic mass is 35.5. The molecule has 0 radical (unpaired) electrons. The Kier molecular flexibility index (Phi) is 4.65. The average Bonchev–Trinajstić information content (AvgIpc) is 3.30. The van der Waals surface area contributed by atoms with Gasteiger partial charge in [-0.15, -0.1) is 0 Å². The van der Waals surface area contributed by atoms with Crippen LogP contribution in [0.3, 0.4) is 0 Å². The van der Waals surface area contributed by atoms with Crippen molar-refractivity contribution >= 4 is 23.5 Å². The number of nitrogens with zero attached hydrogens (tertiary/aromatic N) is 3. The third kappa shape index (κ3) is 3.44. The van der Waals surface area contributed by atoms with Crippen LogP contribution < -0.4 is 9.64 Å². The summed E-state index contributed by atoms with van der Waals surface area (Å²) < 4.78 is 5.72. The molecule has 2 aliphatic rings. The lowest BCUT2D eigenvalue weighted by Gasteiger charge is -2.24. The van der Waals surface area contributed by atoms with Crippen LogP contribution in [0.2, 0.25) is 5.02 Å². The van der Waals surface area contributed by atoms with E-state index < -0.39 is 5.97 Å². The number of aromatic nitrogens is 2. The molecule has 142 valence electrons. The van der Waals surface area contributed by atoms with Gasteiger partial charge in [-0.3, -0.25) is 0 Å². The molecule has 0 unspecified atom stereocenters. The highest BCUT2D eigenvalue weighted by Crippen LogP contribution is 2.50. The van der Waals surface area contributed by atoms with Crippen molar-refractivity contribution in [1.82, 2.24) is 9.97 Å². The smallest absolute Gasteiger partial charge is 0.342 e. The molecule has 1 aliphatic heterocycles. The van der Waals surface area contributed by atoms with Crippen molar-refractivity contribution in [2.75, 3.05) is 11.4 Å². The van der Waals surface area contributed by atoms with E-state index in [2.05, 4.69) is 14.9 Å². The standard InChI is InChI=1S/C19H20ClN3O4/c20-15-8-12(2-3-13(15)10-24)11-27-16-14(17(25)26)9-21-18(22-16)23-7-1-4-19(23)5-6-19/h2-3,8-9,24H,1,4-7,10-11H2,(H,25,26). The molecular formula is C19H20ClN3O4. The van der Waals surface area contributed by atoms with Gasteiger partial charge < -0.3 is 19.8 Å². The first kappa shape index (κ1) is 18.0. The fourth-order valence-electron chi connectivity index (χ4n) is 3.62. The number of benzene rings is 1. The quantitative estimate of drug-likeness (QED) is 0.783. The van der Waals surface area contributed by atoms with Gasteiger partial charge in [-0.25, -0.2) is 9.78 Å². The number of carbonyl (C=O) groups is 1. The fourth-order valence-corrected chi connectivity index (χ4v) is 3.88. The van der Waals surface area contributed by atoms with Crippen molar-refractivity contribution in [1.29, 1.82) is 0 Å². The monoisotopic (exact) mass is 389 g/mol. The minimum atomic E-state index is -1.13. The molecule has 0 amide bonds. The molecule has 8 heteroatoms. The van der Waals surface area contributed by atoms with E-state index in [0.29, 0.717) is 16.5 Å². The van der Waals surface area contributed by atoms with Crippen LogP contribution in [0, 0.1) is 0 Å². The third-order valence-corrected chi connectivity index (χ3v) is 5.65. The Morgan fingerprint density at radius 2 is 2.15 bits per heavy atom. The Morgan fingerprint density at radius 3 is 2.81 bits per heavy atom. The molecule has 1 saturated heterocycles. The Labute approximate surface area is 161 Å². The second-order valence-corrected chi connectivity index (χ2v) is 7.45. The van der Waals surface area contributed by atoms with Crippen molar-refractivity contribution in [3.63, 3.8) is 0 Å². The maximum Gasteiger partial charge on any atom is 0.342 e. The SMILES string of the molecule is O=C(O)c1cnc(N2CCCC23CC3)nc1OCc1ccc(CO)c(Cl)c1. The van der Waals surface area contributed by atoms with Gasteiger partial charge in [0.25, 0.3) is 0 Å². The maximum absolute atomic E-state index is 11.5. The molecule has 1 aromatic carbocycles. The van der Waals surface area contributed by atoms with Gasteiger partial charge in [0, 0.05) is 17.1 Å². The van der Waals surface area contributed by atoms with E-state index in [-0.39, 0.29) is 30.2 Å². The number of halogens is 1. The summed E-state index contributed by atoms with van der Waals surface area (Å²) in [7, 11) is 0. The summed E-state index contributed by atoms with van der Waals surface area (Å²) in [4.78, 5) is 22.4. The van der Waals surface area contributed by atoms with Crippen molar-refractivity contribution in [2.45, 2.75) is 44.4 Å². The topological polar surface area (TPSA) is 95.8 Å². The van der Waals surface area contributed by atoms with Crippen LogP contribution in [-0.2, 0) is 13.2 Å². The third-order valence-electron chi connectivity index (χ3n) is 5.30. The predicted octanol–water partition coefficient (Wildman–Crippen LogP) is 3.03. The summed E-state index contributed by atoms with van der Waals surface area (Å²) in [6.45, 7) is 0.855. The van der Waals surface area contributed by atoms with Crippen LogP contribution in [0.1, 0.15) is 47.2 Å². The van der Waals surface area contributed by atoms with Gasteiger partial charge in [-0.05, 0) is 42.9 Å². The van der Waals surface area contributed by atoms with Gasteiger partial charge in [-0.1, -0.05) is 23.7 Å². The van der Waals surface area contributed by atoms with Gasteiger partial charge in [0.2, 0.25) is 11.8 Å². The zero-order valence-corrected chi connectivity index (χ0v) is 15.4. The molecule has 27 heavy (non-hydrogen) atoms. The van der Waals surface area contributed by atoms with Gasteiger partial charge in [0.1, 0.15) is 12.2 Å².